The molecule has 0 radical (unpaired) electrons. The van der Waals surface area contributed by atoms with Crippen molar-refractivity contribution in [3.8, 4) is 0 Å². The molecular formula is C32H38FN3O4. The highest BCUT2D eigenvalue weighted by molar-refractivity contribution is 6.00. The van der Waals surface area contributed by atoms with Crippen LogP contribution in [0.5, 0.6) is 0 Å². The number of fused-ring (bicyclic) bond motifs is 2. The fourth-order valence-corrected chi connectivity index (χ4v) is 5.78. The van der Waals surface area contributed by atoms with Crippen LogP contribution in [0.1, 0.15) is 64.3 Å². The largest absolute Gasteiger partial charge is 0.381 e. The number of halogens is 1. The highest BCUT2D eigenvalue weighted by Crippen LogP contribution is 2.33. The molecule has 2 aliphatic rings. The smallest absolute Gasteiger partial charge is 0.258 e. The van der Waals surface area contributed by atoms with Crippen LogP contribution in [0, 0.1) is 18.7 Å². The van der Waals surface area contributed by atoms with Gasteiger partial charge in [0.15, 0.2) is 0 Å². The maximum Gasteiger partial charge on any atom is 0.258 e. The number of nitrogens with one attached hydrogen (secondary N) is 2. The number of nitrogens with zero attached hydrogens (tertiary/aromatic N) is 1. The summed E-state index contributed by atoms with van der Waals surface area (Å²) < 4.78 is 21.1. The van der Waals surface area contributed by atoms with Gasteiger partial charge in [-0.05, 0) is 85.2 Å². The number of allylic oxidation sites excluding steroid dienone is 3. The summed E-state index contributed by atoms with van der Waals surface area (Å²) in [5.41, 5.74) is 4.40. The normalized spacial score (nSPS) is 18.6. The first-order valence-electron chi connectivity index (χ1n) is 13.9. The summed E-state index contributed by atoms with van der Waals surface area (Å²) in [5, 5.41) is 5.96. The van der Waals surface area contributed by atoms with E-state index in [4.69, 9.17) is 4.74 Å². The Labute approximate surface area is 235 Å². The molecule has 2 aromatic carbocycles. The van der Waals surface area contributed by atoms with E-state index in [0.29, 0.717) is 23.5 Å². The fourth-order valence-electron chi connectivity index (χ4n) is 5.78. The molecule has 40 heavy (non-hydrogen) atoms. The zero-order valence-electron chi connectivity index (χ0n) is 23.4. The summed E-state index contributed by atoms with van der Waals surface area (Å²) in [6.07, 6.45) is 8.46. The number of carbonyl (C=O) groups is 3. The molecule has 2 aromatic rings. The summed E-state index contributed by atoms with van der Waals surface area (Å²) in [6, 6.07) is 10.2. The summed E-state index contributed by atoms with van der Waals surface area (Å²) in [5.74, 6) is -0.553. The predicted octanol–water partition coefficient (Wildman–Crippen LogP) is 4.51. The molecule has 2 N–H and O–H groups in total. The number of aldehydes is 1. The van der Waals surface area contributed by atoms with Crippen molar-refractivity contribution >= 4 is 23.7 Å². The number of carbonyl (C=O) groups excluding carboxylic acids is 3. The van der Waals surface area contributed by atoms with Gasteiger partial charge in [-0.1, -0.05) is 30.3 Å². The third kappa shape index (κ3) is 6.40. The second-order valence-corrected chi connectivity index (χ2v) is 10.3. The van der Waals surface area contributed by atoms with Crippen molar-refractivity contribution in [2.75, 3.05) is 27.3 Å². The van der Waals surface area contributed by atoms with Gasteiger partial charge in [0.25, 0.3) is 5.91 Å². The summed E-state index contributed by atoms with van der Waals surface area (Å²) in [6.45, 7) is 3.32. The number of hydrogen-bond donors (Lipinski definition) is 2. The topological polar surface area (TPSA) is 87.7 Å². The molecule has 2 heterocycles. The average molecular weight is 548 g/mol. The van der Waals surface area contributed by atoms with Gasteiger partial charge >= 0.3 is 0 Å². The Kier molecular flexibility index (Phi) is 10.0. The van der Waals surface area contributed by atoms with E-state index in [1.54, 1.807) is 30.5 Å². The Morgan fingerprint density at radius 2 is 1.93 bits per heavy atom. The SMILES string of the molecule is CNC(=O)C(CCC=O)N1C=C/C=C(/Cc2ccc(C(NC)C3CCOCC3)cc2F)c2cccc(c2C)C1=O. The minimum absolute atomic E-state index is 0.0582. The Morgan fingerprint density at radius 3 is 2.60 bits per heavy atom. The average Bonchev–Trinajstić information content (AvgIpc) is 2.99. The molecular weight excluding hydrogens is 509 g/mol. The van der Waals surface area contributed by atoms with Crippen LogP contribution in [0.4, 0.5) is 4.39 Å². The molecule has 0 saturated carbocycles. The highest BCUT2D eigenvalue weighted by atomic mass is 19.1. The molecule has 1 fully saturated rings. The monoisotopic (exact) mass is 547 g/mol. The molecule has 8 heteroatoms. The Bertz CT molecular complexity index is 1300. The second kappa shape index (κ2) is 13.6. The zero-order valence-corrected chi connectivity index (χ0v) is 23.4. The van der Waals surface area contributed by atoms with Gasteiger partial charge in [-0.15, -0.1) is 0 Å². The van der Waals surface area contributed by atoms with Gasteiger partial charge in [0.2, 0.25) is 5.91 Å². The van der Waals surface area contributed by atoms with Gasteiger partial charge in [0.05, 0.1) is 0 Å². The van der Waals surface area contributed by atoms with Crippen LogP contribution >= 0.6 is 0 Å². The lowest BCUT2D eigenvalue weighted by atomic mass is 9.86. The van der Waals surface area contributed by atoms with Crippen LogP contribution in [-0.4, -0.2) is 56.4 Å². The van der Waals surface area contributed by atoms with E-state index in [-0.39, 0.29) is 36.5 Å². The highest BCUT2D eigenvalue weighted by Gasteiger charge is 2.30. The number of rotatable bonds is 10. The van der Waals surface area contributed by atoms with Crippen LogP contribution < -0.4 is 10.6 Å². The van der Waals surface area contributed by atoms with Crippen LogP contribution in [-0.2, 0) is 20.7 Å². The van der Waals surface area contributed by atoms with Crippen LogP contribution in [0.25, 0.3) is 5.57 Å². The third-order valence-electron chi connectivity index (χ3n) is 8.00. The molecule has 212 valence electrons. The number of amides is 2. The van der Waals surface area contributed by atoms with E-state index in [1.807, 2.05) is 38.2 Å². The van der Waals surface area contributed by atoms with E-state index in [1.165, 1.54) is 11.9 Å². The molecule has 4 rings (SSSR count). The van der Waals surface area contributed by atoms with Gasteiger partial charge in [-0.3, -0.25) is 9.59 Å². The van der Waals surface area contributed by atoms with Gasteiger partial charge in [-0.25, -0.2) is 4.39 Å². The van der Waals surface area contributed by atoms with Crippen molar-refractivity contribution in [2.45, 2.75) is 51.1 Å². The first-order chi connectivity index (χ1) is 19.4. The van der Waals surface area contributed by atoms with Gasteiger partial charge in [0, 0.05) is 50.9 Å². The predicted molar refractivity (Wildman–Crippen MR) is 153 cm³/mol. The molecule has 2 amide bonds. The Balaban J connectivity index is 1.67. The molecule has 2 bridgehead atoms. The maximum atomic E-state index is 15.5. The van der Waals surface area contributed by atoms with Crippen molar-refractivity contribution in [3.05, 3.63) is 88.4 Å². The molecule has 0 aliphatic carbocycles. The fraction of sp³-hybridized carbons (Fsp3) is 0.406. The lowest BCUT2D eigenvalue weighted by molar-refractivity contribution is -0.124. The molecule has 2 atom stereocenters. The van der Waals surface area contributed by atoms with E-state index in [9.17, 15) is 14.4 Å². The Hall–Kier alpha value is -3.62. The van der Waals surface area contributed by atoms with Crippen molar-refractivity contribution in [2.24, 2.45) is 5.92 Å². The lowest BCUT2D eigenvalue weighted by Gasteiger charge is -2.30. The van der Waals surface area contributed by atoms with E-state index >= 15 is 4.39 Å². The minimum Gasteiger partial charge on any atom is -0.381 e. The van der Waals surface area contributed by atoms with Gasteiger partial charge < -0.3 is 25.1 Å². The van der Waals surface area contributed by atoms with Crippen LogP contribution in [0.3, 0.4) is 0 Å². The summed E-state index contributed by atoms with van der Waals surface area (Å²) in [7, 11) is 3.42. The molecule has 2 unspecified atom stereocenters. The second-order valence-electron chi connectivity index (χ2n) is 10.3. The van der Waals surface area contributed by atoms with Crippen molar-refractivity contribution < 1.29 is 23.5 Å². The first kappa shape index (κ1) is 29.4. The van der Waals surface area contributed by atoms with Crippen LogP contribution in [0.15, 0.2) is 54.8 Å². The Morgan fingerprint density at radius 1 is 1.18 bits per heavy atom. The number of likely N-dealkylation sites (N-methyl/N-ethyl adjacent to an activating group) is 1. The first-order valence-corrected chi connectivity index (χ1v) is 13.9. The van der Waals surface area contributed by atoms with Crippen molar-refractivity contribution in [3.63, 3.8) is 0 Å². The van der Waals surface area contributed by atoms with Crippen molar-refractivity contribution in [1.82, 2.24) is 15.5 Å². The number of benzene rings is 2. The summed E-state index contributed by atoms with van der Waals surface area (Å²) >= 11 is 0. The quantitative estimate of drug-likeness (QED) is 0.428. The van der Waals surface area contributed by atoms with E-state index in [0.717, 1.165) is 54.6 Å². The molecule has 0 spiro atoms. The summed E-state index contributed by atoms with van der Waals surface area (Å²) in [4.78, 5) is 38.8. The molecule has 2 aliphatic heterocycles. The lowest BCUT2D eigenvalue weighted by Crippen LogP contribution is -2.46. The van der Waals surface area contributed by atoms with Gasteiger partial charge in [-0.2, -0.15) is 0 Å². The van der Waals surface area contributed by atoms with E-state index in [2.05, 4.69) is 10.6 Å². The van der Waals surface area contributed by atoms with Gasteiger partial charge in [0.1, 0.15) is 18.1 Å². The third-order valence-corrected chi connectivity index (χ3v) is 8.00. The molecule has 7 nitrogen and oxygen atoms in total. The minimum atomic E-state index is -0.835. The molecule has 1 saturated heterocycles. The zero-order chi connectivity index (χ0) is 28.6. The van der Waals surface area contributed by atoms with E-state index < -0.39 is 6.04 Å². The van der Waals surface area contributed by atoms with Crippen molar-refractivity contribution in [1.29, 1.82) is 0 Å². The molecule has 0 aromatic heterocycles. The number of hydrogen-bond acceptors (Lipinski definition) is 5. The standard InChI is InChI=1S/C32H38FN3O4/c1-21-26-8-4-9-27(21)32(39)36(29(10-6-16-37)31(38)35-3)15-5-7-23(26)19-24-11-12-25(20-28(24)33)30(34-2)22-13-17-40-18-14-22/h4-5,7-9,11-12,15-16,20,22,29-30,34H,6,10,13-14,17-19H2,1-3H3,(H,35,38)/b15-5?,23-7-. The maximum absolute atomic E-state index is 15.5. The number of ether oxygens (including phenoxy) is 1. The van der Waals surface area contributed by atoms with Crippen LogP contribution in [0.2, 0.25) is 0 Å².